The van der Waals surface area contributed by atoms with Crippen LogP contribution in [0.4, 0.5) is 0 Å². The molecule has 0 aliphatic carbocycles. The lowest BCUT2D eigenvalue weighted by Crippen LogP contribution is -2.43. The van der Waals surface area contributed by atoms with Crippen LogP contribution in [0.5, 0.6) is 0 Å². The molecule has 1 fully saturated rings. The second-order valence-electron chi connectivity index (χ2n) is 4.69. The number of rotatable bonds is 3. The highest BCUT2D eigenvalue weighted by Gasteiger charge is 2.15. The Balaban J connectivity index is 2.03. The summed E-state index contributed by atoms with van der Waals surface area (Å²) >= 11 is 2.22. The van der Waals surface area contributed by atoms with E-state index in [1.165, 1.54) is 5.56 Å². The topological polar surface area (TPSA) is 43.8 Å². The summed E-state index contributed by atoms with van der Waals surface area (Å²) in [6.07, 6.45) is 0. The quantitative estimate of drug-likeness (QED) is 0.835. The molecule has 1 aliphatic rings. The van der Waals surface area contributed by atoms with E-state index >= 15 is 0 Å². The van der Waals surface area contributed by atoms with Crippen molar-refractivity contribution in [2.24, 2.45) is 0 Å². The zero-order chi connectivity index (χ0) is 13.1. The molecule has 0 spiro atoms. The average molecular weight is 360 g/mol. The Kier molecular flexibility index (Phi) is 4.58. The van der Waals surface area contributed by atoms with Crippen molar-refractivity contribution in [2.75, 3.05) is 33.2 Å². The van der Waals surface area contributed by atoms with Gasteiger partial charge < -0.3 is 10.0 Å². The lowest BCUT2D eigenvalue weighted by molar-refractivity contribution is 0.0696. The number of halogens is 1. The van der Waals surface area contributed by atoms with Crippen LogP contribution in [-0.4, -0.2) is 54.1 Å². The molecule has 0 bridgehead atoms. The zero-order valence-electron chi connectivity index (χ0n) is 10.4. The number of carbonyl (C=O) groups is 1. The summed E-state index contributed by atoms with van der Waals surface area (Å²) in [4.78, 5) is 15.6. The summed E-state index contributed by atoms with van der Waals surface area (Å²) in [5.41, 5.74) is 1.58. The maximum atomic E-state index is 10.9. The van der Waals surface area contributed by atoms with Gasteiger partial charge in [-0.1, -0.05) is 6.07 Å². The minimum atomic E-state index is -0.862. The molecule has 1 saturated heterocycles. The van der Waals surface area contributed by atoms with E-state index in [-0.39, 0.29) is 0 Å². The molecule has 0 unspecified atom stereocenters. The predicted molar refractivity (Wildman–Crippen MR) is 78.9 cm³/mol. The van der Waals surface area contributed by atoms with Gasteiger partial charge in [0.1, 0.15) is 0 Å². The van der Waals surface area contributed by atoms with Crippen molar-refractivity contribution < 1.29 is 9.90 Å². The van der Waals surface area contributed by atoms with E-state index < -0.39 is 5.97 Å². The van der Waals surface area contributed by atoms with Crippen LogP contribution in [-0.2, 0) is 6.54 Å². The molecule has 1 heterocycles. The van der Waals surface area contributed by atoms with Gasteiger partial charge in [-0.05, 0) is 47.3 Å². The van der Waals surface area contributed by atoms with Crippen LogP contribution in [0.3, 0.4) is 0 Å². The Morgan fingerprint density at radius 1 is 1.33 bits per heavy atom. The van der Waals surface area contributed by atoms with Crippen molar-refractivity contribution in [2.45, 2.75) is 6.54 Å². The Hall–Kier alpha value is -0.660. The lowest BCUT2D eigenvalue weighted by Gasteiger charge is -2.32. The highest BCUT2D eigenvalue weighted by molar-refractivity contribution is 14.1. The number of benzene rings is 1. The largest absolute Gasteiger partial charge is 0.478 e. The molecule has 1 aromatic rings. The molecule has 5 heteroatoms. The van der Waals surface area contributed by atoms with Gasteiger partial charge in [0.05, 0.1) is 5.56 Å². The van der Waals surface area contributed by atoms with E-state index in [4.69, 9.17) is 5.11 Å². The Morgan fingerprint density at radius 3 is 2.56 bits per heavy atom. The number of carboxylic acids is 1. The molecule has 1 aromatic carbocycles. The molecule has 2 rings (SSSR count). The van der Waals surface area contributed by atoms with Gasteiger partial charge in [-0.2, -0.15) is 0 Å². The van der Waals surface area contributed by atoms with E-state index in [1.54, 1.807) is 12.1 Å². The molecule has 4 nitrogen and oxygen atoms in total. The van der Waals surface area contributed by atoms with Crippen LogP contribution in [0.1, 0.15) is 15.9 Å². The molecule has 1 N–H and O–H groups in total. The molecule has 0 aromatic heterocycles. The summed E-state index contributed by atoms with van der Waals surface area (Å²) in [6, 6.07) is 5.37. The fourth-order valence-corrected chi connectivity index (χ4v) is 2.74. The first kappa shape index (κ1) is 13.8. The number of likely N-dealkylation sites (N-methyl/N-ethyl adjacent to an activating group) is 1. The van der Waals surface area contributed by atoms with Crippen LogP contribution < -0.4 is 0 Å². The molecule has 98 valence electrons. The van der Waals surface area contributed by atoms with Crippen LogP contribution in [0.2, 0.25) is 0 Å². The molecule has 0 atom stereocenters. The summed E-state index contributed by atoms with van der Waals surface area (Å²) in [6.45, 7) is 5.26. The van der Waals surface area contributed by atoms with Crippen molar-refractivity contribution in [1.29, 1.82) is 0 Å². The molecule has 0 amide bonds. The second-order valence-corrected chi connectivity index (χ2v) is 5.85. The summed E-state index contributed by atoms with van der Waals surface area (Å²) in [5.74, 6) is -0.862. The van der Waals surface area contributed by atoms with Crippen molar-refractivity contribution in [1.82, 2.24) is 9.80 Å². The van der Waals surface area contributed by atoms with Gasteiger partial charge in [0.2, 0.25) is 0 Å². The van der Waals surface area contributed by atoms with Gasteiger partial charge in [0.15, 0.2) is 0 Å². The Labute approximate surface area is 121 Å². The predicted octanol–water partition coefficient (Wildman–Crippen LogP) is 1.74. The fourth-order valence-electron chi connectivity index (χ4n) is 2.06. The number of aromatic carboxylic acids is 1. The maximum absolute atomic E-state index is 10.9. The van der Waals surface area contributed by atoms with E-state index in [1.807, 2.05) is 6.07 Å². The van der Waals surface area contributed by atoms with Gasteiger partial charge >= 0.3 is 5.97 Å². The first-order valence-electron chi connectivity index (χ1n) is 5.99. The minimum Gasteiger partial charge on any atom is -0.478 e. The molecule has 1 aliphatic heterocycles. The Bertz CT molecular complexity index is 443. The fraction of sp³-hybridized carbons (Fsp3) is 0.462. The van der Waals surface area contributed by atoms with Gasteiger partial charge in [0.25, 0.3) is 0 Å². The minimum absolute atomic E-state index is 0.363. The summed E-state index contributed by atoms with van der Waals surface area (Å²) in [5, 5.41) is 8.93. The molecule has 0 radical (unpaired) electrons. The van der Waals surface area contributed by atoms with Gasteiger partial charge in [-0.15, -0.1) is 0 Å². The van der Waals surface area contributed by atoms with E-state index in [0.717, 1.165) is 36.3 Å². The SMILES string of the molecule is CN1CCN(Cc2ccc(C(=O)O)cc2I)CC1. The normalized spacial score (nSPS) is 17.9. The monoisotopic (exact) mass is 360 g/mol. The highest BCUT2D eigenvalue weighted by atomic mass is 127. The second kappa shape index (κ2) is 5.99. The number of hydrogen-bond acceptors (Lipinski definition) is 3. The van der Waals surface area contributed by atoms with Crippen molar-refractivity contribution in [3.8, 4) is 0 Å². The van der Waals surface area contributed by atoms with Crippen molar-refractivity contribution in [3.63, 3.8) is 0 Å². The van der Waals surface area contributed by atoms with Crippen LogP contribution in [0, 0.1) is 3.57 Å². The van der Waals surface area contributed by atoms with Crippen molar-refractivity contribution >= 4 is 28.6 Å². The van der Waals surface area contributed by atoms with Gasteiger partial charge in [0, 0.05) is 36.3 Å². The molecular formula is C13H17IN2O2. The number of piperazine rings is 1. The van der Waals surface area contributed by atoms with Crippen LogP contribution >= 0.6 is 22.6 Å². The number of nitrogens with zero attached hydrogens (tertiary/aromatic N) is 2. The van der Waals surface area contributed by atoms with Gasteiger partial charge in [-0.25, -0.2) is 4.79 Å². The zero-order valence-corrected chi connectivity index (χ0v) is 12.6. The molecule has 0 saturated carbocycles. The smallest absolute Gasteiger partial charge is 0.335 e. The molecular weight excluding hydrogens is 343 g/mol. The number of carboxylic acid groups (broad SMARTS) is 1. The maximum Gasteiger partial charge on any atom is 0.335 e. The van der Waals surface area contributed by atoms with E-state index in [0.29, 0.717) is 5.56 Å². The van der Waals surface area contributed by atoms with Crippen LogP contribution in [0.15, 0.2) is 18.2 Å². The average Bonchev–Trinajstić information content (AvgIpc) is 2.34. The highest BCUT2D eigenvalue weighted by Crippen LogP contribution is 2.17. The molecule has 18 heavy (non-hydrogen) atoms. The van der Waals surface area contributed by atoms with Gasteiger partial charge in [-0.3, -0.25) is 4.90 Å². The third-order valence-electron chi connectivity index (χ3n) is 3.29. The van der Waals surface area contributed by atoms with Crippen molar-refractivity contribution in [3.05, 3.63) is 32.9 Å². The van der Waals surface area contributed by atoms with E-state index in [9.17, 15) is 4.79 Å². The Morgan fingerprint density at radius 2 is 2.00 bits per heavy atom. The third-order valence-corrected chi connectivity index (χ3v) is 4.29. The standard InChI is InChI=1S/C13H17IN2O2/c1-15-4-6-16(7-5-15)9-11-3-2-10(13(17)18)8-12(11)14/h2-3,8H,4-7,9H2,1H3,(H,17,18). The summed E-state index contributed by atoms with van der Waals surface area (Å²) in [7, 11) is 2.14. The number of hydrogen-bond donors (Lipinski definition) is 1. The lowest BCUT2D eigenvalue weighted by atomic mass is 10.1. The third kappa shape index (κ3) is 3.43. The van der Waals surface area contributed by atoms with E-state index in [2.05, 4.69) is 39.4 Å². The first-order valence-corrected chi connectivity index (χ1v) is 7.07. The van der Waals surface area contributed by atoms with Crippen LogP contribution in [0.25, 0.3) is 0 Å². The first-order chi connectivity index (χ1) is 8.56. The summed E-state index contributed by atoms with van der Waals surface area (Å²) < 4.78 is 1.03.